The molecule has 1 aromatic heterocycles. The summed E-state index contributed by atoms with van der Waals surface area (Å²) in [4.78, 5) is 19.4. The number of aromatic amines is 1. The summed E-state index contributed by atoms with van der Waals surface area (Å²) in [6, 6.07) is 7.42. The van der Waals surface area contributed by atoms with Gasteiger partial charge in [0.25, 0.3) is 0 Å². The van der Waals surface area contributed by atoms with Crippen molar-refractivity contribution in [2.24, 2.45) is 11.7 Å². The number of H-pyrrole nitrogens is 1. The molecular formula is C14H20N4O. The summed E-state index contributed by atoms with van der Waals surface area (Å²) >= 11 is 0. The van der Waals surface area contributed by atoms with E-state index in [1.165, 1.54) is 0 Å². The molecule has 5 nitrogen and oxygen atoms in total. The number of hydrogen-bond donors (Lipinski definition) is 3. The number of benzene rings is 1. The van der Waals surface area contributed by atoms with E-state index in [4.69, 9.17) is 5.73 Å². The van der Waals surface area contributed by atoms with Crippen molar-refractivity contribution in [2.45, 2.75) is 26.3 Å². The molecule has 0 bridgehead atoms. The molecule has 0 fully saturated rings. The largest absolute Gasteiger partial charge is 0.354 e. The fraction of sp³-hybridized carbons (Fsp3) is 0.429. The van der Waals surface area contributed by atoms with Crippen molar-refractivity contribution in [3.05, 3.63) is 30.1 Å². The minimum atomic E-state index is -0.448. The van der Waals surface area contributed by atoms with Crippen LogP contribution in [0.1, 0.15) is 19.7 Å². The summed E-state index contributed by atoms with van der Waals surface area (Å²) in [5.41, 5.74) is 7.73. The summed E-state index contributed by atoms with van der Waals surface area (Å²) < 4.78 is 0. The van der Waals surface area contributed by atoms with Crippen molar-refractivity contribution < 1.29 is 4.79 Å². The number of aromatic nitrogens is 2. The van der Waals surface area contributed by atoms with E-state index in [9.17, 15) is 4.79 Å². The van der Waals surface area contributed by atoms with E-state index in [-0.39, 0.29) is 11.8 Å². The van der Waals surface area contributed by atoms with Crippen LogP contribution in [0.4, 0.5) is 0 Å². The first-order chi connectivity index (χ1) is 9.08. The highest BCUT2D eigenvalue weighted by Gasteiger charge is 2.16. The predicted octanol–water partition coefficient (Wildman–Crippen LogP) is 1.20. The quantitative estimate of drug-likeness (QED) is 0.755. The molecule has 0 spiro atoms. The van der Waals surface area contributed by atoms with E-state index in [0.29, 0.717) is 13.0 Å². The molecule has 2 aromatic rings. The van der Waals surface area contributed by atoms with Crippen molar-refractivity contribution in [1.29, 1.82) is 0 Å². The van der Waals surface area contributed by atoms with Gasteiger partial charge in [-0.25, -0.2) is 4.98 Å². The standard InChI is InChI=1S/C14H20N4O/c1-9(2)13(15)14(19)16-8-7-12-17-10-5-3-4-6-11(10)18-12/h3-6,9,13H,7-8,15H2,1-2H3,(H,16,19)(H,17,18)/t13-/m0/s1. The fourth-order valence-electron chi connectivity index (χ4n) is 1.85. The number of hydrogen-bond acceptors (Lipinski definition) is 3. The van der Waals surface area contributed by atoms with E-state index in [0.717, 1.165) is 16.9 Å². The lowest BCUT2D eigenvalue weighted by Gasteiger charge is -2.14. The van der Waals surface area contributed by atoms with Gasteiger partial charge in [0.1, 0.15) is 5.82 Å². The Labute approximate surface area is 112 Å². The topological polar surface area (TPSA) is 83.8 Å². The Bertz CT molecular complexity index is 528. The molecule has 2 rings (SSSR count). The monoisotopic (exact) mass is 260 g/mol. The predicted molar refractivity (Wildman–Crippen MR) is 75.6 cm³/mol. The van der Waals surface area contributed by atoms with Crippen molar-refractivity contribution >= 4 is 16.9 Å². The van der Waals surface area contributed by atoms with Crippen molar-refractivity contribution in [2.75, 3.05) is 6.54 Å². The number of rotatable bonds is 5. The molecule has 1 atom stereocenters. The summed E-state index contributed by atoms with van der Waals surface area (Å²) in [7, 11) is 0. The van der Waals surface area contributed by atoms with Gasteiger partial charge in [-0.3, -0.25) is 4.79 Å². The van der Waals surface area contributed by atoms with E-state index in [1.54, 1.807) is 0 Å². The number of fused-ring (bicyclic) bond motifs is 1. The van der Waals surface area contributed by atoms with Crippen LogP contribution >= 0.6 is 0 Å². The van der Waals surface area contributed by atoms with Gasteiger partial charge >= 0.3 is 0 Å². The van der Waals surface area contributed by atoms with Gasteiger partial charge in [0.05, 0.1) is 17.1 Å². The molecule has 0 aliphatic carbocycles. The van der Waals surface area contributed by atoms with Crippen LogP contribution in [0.2, 0.25) is 0 Å². The van der Waals surface area contributed by atoms with Gasteiger partial charge in [-0.05, 0) is 18.1 Å². The maximum atomic E-state index is 11.7. The summed E-state index contributed by atoms with van der Waals surface area (Å²) in [5.74, 6) is 0.914. The van der Waals surface area contributed by atoms with E-state index >= 15 is 0 Å². The molecule has 1 aromatic carbocycles. The summed E-state index contributed by atoms with van der Waals surface area (Å²) in [6.07, 6.45) is 0.672. The van der Waals surface area contributed by atoms with Crippen LogP contribution in [-0.2, 0) is 11.2 Å². The number of nitrogens with zero attached hydrogens (tertiary/aromatic N) is 1. The molecule has 1 amide bonds. The zero-order chi connectivity index (χ0) is 13.8. The summed E-state index contributed by atoms with van der Waals surface area (Å²) in [5, 5.41) is 2.83. The normalized spacial score (nSPS) is 12.8. The highest BCUT2D eigenvalue weighted by molar-refractivity contribution is 5.81. The molecule has 1 heterocycles. The van der Waals surface area contributed by atoms with Crippen LogP contribution in [0.5, 0.6) is 0 Å². The van der Waals surface area contributed by atoms with Crippen LogP contribution in [0.15, 0.2) is 24.3 Å². The number of carbonyl (C=O) groups excluding carboxylic acids is 1. The SMILES string of the molecule is CC(C)[C@H](N)C(=O)NCCc1nc2ccccc2[nH]1. The Morgan fingerprint density at radius 2 is 2.16 bits per heavy atom. The number of imidazole rings is 1. The van der Waals surface area contributed by atoms with Crippen molar-refractivity contribution in [3.63, 3.8) is 0 Å². The summed E-state index contributed by atoms with van der Waals surface area (Å²) in [6.45, 7) is 4.41. The highest BCUT2D eigenvalue weighted by atomic mass is 16.2. The Morgan fingerprint density at radius 1 is 1.42 bits per heavy atom. The van der Waals surface area contributed by atoms with Crippen LogP contribution in [0, 0.1) is 5.92 Å². The van der Waals surface area contributed by atoms with Crippen molar-refractivity contribution in [1.82, 2.24) is 15.3 Å². The molecule has 4 N–H and O–H groups in total. The molecule has 19 heavy (non-hydrogen) atoms. The third-order valence-corrected chi connectivity index (χ3v) is 3.12. The second kappa shape index (κ2) is 5.84. The molecule has 5 heteroatoms. The molecular weight excluding hydrogens is 240 g/mol. The van der Waals surface area contributed by atoms with Gasteiger partial charge in [-0.1, -0.05) is 26.0 Å². The van der Waals surface area contributed by atoms with Gasteiger partial charge in [-0.2, -0.15) is 0 Å². The Kier molecular flexibility index (Phi) is 4.16. The minimum Gasteiger partial charge on any atom is -0.354 e. The smallest absolute Gasteiger partial charge is 0.237 e. The number of carbonyl (C=O) groups is 1. The number of nitrogens with two attached hydrogens (primary N) is 1. The zero-order valence-electron chi connectivity index (χ0n) is 11.3. The molecule has 0 saturated carbocycles. The molecule has 0 aliphatic heterocycles. The Morgan fingerprint density at radius 3 is 2.84 bits per heavy atom. The van der Waals surface area contributed by atoms with Gasteiger partial charge in [0.2, 0.25) is 5.91 Å². The first-order valence-corrected chi connectivity index (χ1v) is 6.55. The second-order valence-electron chi connectivity index (χ2n) is 5.01. The van der Waals surface area contributed by atoms with Crippen LogP contribution in [0.3, 0.4) is 0 Å². The van der Waals surface area contributed by atoms with Gasteiger partial charge in [0.15, 0.2) is 0 Å². The molecule has 0 saturated heterocycles. The zero-order valence-corrected chi connectivity index (χ0v) is 11.3. The van der Waals surface area contributed by atoms with Crippen LogP contribution < -0.4 is 11.1 Å². The fourth-order valence-corrected chi connectivity index (χ4v) is 1.85. The van der Waals surface area contributed by atoms with E-state index < -0.39 is 6.04 Å². The lowest BCUT2D eigenvalue weighted by molar-refractivity contribution is -0.123. The lowest BCUT2D eigenvalue weighted by Crippen LogP contribution is -2.44. The van der Waals surface area contributed by atoms with Gasteiger partial charge in [0, 0.05) is 13.0 Å². The maximum absolute atomic E-state index is 11.7. The Balaban J connectivity index is 1.87. The average molecular weight is 260 g/mol. The van der Waals surface area contributed by atoms with E-state index in [1.807, 2.05) is 38.1 Å². The Hall–Kier alpha value is -1.88. The van der Waals surface area contributed by atoms with Crippen LogP contribution in [0.25, 0.3) is 11.0 Å². The third kappa shape index (κ3) is 3.32. The third-order valence-electron chi connectivity index (χ3n) is 3.12. The number of para-hydroxylation sites is 2. The molecule has 0 unspecified atom stereocenters. The van der Waals surface area contributed by atoms with Crippen LogP contribution in [-0.4, -0.2) is 28.5 Å². The van der Waals surface area contributed by atoms with Gasteiger partial charge in [-0.15, -0.1) is 0 Å². The average Bonchev–Trinajstić information content (AvgIpc) is 2.80. The first-order valence-electron chi connectivity index (χ1n) is 6.55. The molecule has 0 aliphatic rings. The minimum absolute atomic E-state index is 0.105. The van der Waals surface area contributed by atoms with Gasteiger partial charge < -0.3 is 16.0 Å². The second-order valence-corrected chi connectivity index (χ2v) is 5.01. The molecule has 0 radical (unpaired) electrons. The number of amides is 1. The van der Waals surface area contributed by atoms with E-state index in [2.05, 4.69) is 15.3 Å². The van der Waals surface area contributed by atoms with Crippen molar-refractivity contribution in [3.8, 4) is 0 Å². The maximum Gasteiger partial charge on any atom is 0.237 e. The lowest BCUT2D eigenvalue weighted by atomic mass is 10.1. The highest BCUT2D eigenvalue weighted by Crippen LogP contribution is 2.10. The first kappa shape index (κ1) is 13.5. The number of nitrogens with one attached hydrogen (secondary N) is 2. The molecule has 102 valence electrons.